The maximum Gasteiger partial charge on any atom is 0.416 e. The Balaban J connectivity index is 1.71. The molecule has 0 unspecified atom stereocenters. The van der Waals surface area contributed by atoms with Crippen LogP contribution in [0, 0.1) is 10.1 Å². The van der Waals surface area contributed by atoms with Crippen molar-refractivity contribution in [2.45, 2.75) is 6.18 Å². The lowest BCUT2D eigenvalue weighted by Gasteiger charge is -2.13. The zero-order valence-electron chi connectivity index (χ0n) is 15.4. The van der Waals surface area contributed by atoms with Crippen molar-refractivity contribution < 1.29 is 32.5 Å². The van der Waals surface area contributed by atoms with Crippen molar-refractivity contribution in [3.63, 3.8) is 0 Å². The molecule has 1 saturated heterocycles. The third kappa shape index (κ3) is 5.28. The molecule has 1 aliphatic rings. The molecule has 2 aromatic carbocycles. The van der Waals surface area contributed by atoms with Gasteiger partial charge in [0, 0.05) is 17.8 Å². The molecule has 1 fully saturated rings. The van der Waals surface area contributed by atoms with E-state index in [9.17, 15) is 37.7 Å². The highest BCUT2D eigenvalue weighted by Gasteiger charge is 2.36. The zero-order valence-corrected chi connectivity index (χ0v) is 16.2. The van der Waals surface area contributed by atoms with Crippen LogP contribution in [0.15, 0.2) is 53.4 Å². The second kappa shape index (κ2) is 8.60. The number of carbonyl (C=O) groups is 3. The molecule has 0 bridgehead atoms. The predicted octanol–water partition coefficient (Wildman–Crippen LogP) is 4.29. The van der Waals surface area contributed by atoms with E-state index in [1.54, 1.807) is 0 Å². The van der Waals surface area contributed by atoms with Crippen molar-refractivity contribution in [1.82, 2.24) is 4.90 Å². The SMILES string of the molecule is O=C(CN1C(=O)S/C(=C/c2cccc([N+](=O)[O-])c2)C1=O)Nc1cccc(C(F)(F)F)c1. The number of hydrogen-bond donors (Lipinski definition) is 1. The minimum Gasteiger partial charge on any atom is -0.325 e. The molecule has 8 nitrogen and oxygen atoms in total. The predicted molar refractivity (Wildman–Crippen MR) is 106 cm³/mol. The first-order chi connectivity index (χ1) is 14.5. The van der Waals surface area contributed by atoms with E-state index in [0.717, 1.165) is 18.2 Å². The monoisotopic (exact) mass is 451 g/mol. The topological polar surface area (TPSA) is 110 Å². The number of anilines is 1. The summed E-state index contributed by atoms with van der Waals surface area (Å²) in [6, 6.07) is 9.32. The number of nitro groups is 1. The third-order valence-corrected chi connectivity index (χ3v) is 4.94. The molecule has 1 heterocycles. The molecule has 2 aromatic rings. The minimum absolute atomic E-state index is 0.0441. The Bertz CT molecular complexity index is 1120. The highest BCUT2D eigenvalue weighted by Crippen LogP contribution is 2.33. The highest BCUT2D eigenvalue weighted by atomic mass is 32.2. The normalized spacial score (nSPS) is 15.5. The van der Waals surface area contributed by atoms with E-state index in [1.807, 2.05) is 0 Å². The molecule has 0 spiro atoms. The summed E-state index contributed by atoms with van der Waals surface area (Å²) in [4.78, 5) is 47.6. The summed E-state index contributed by atoms with van der Waals surface area (Å²) in [5.74, 6) is -1.65. The van der Waals surface area contributed by atoms with Crippen LogP contribution in [0.3, 0.4) is 0 Å². The van der Waals surface area contributed by atoms with Gasteiger partial charge in [0.25, 0.3) is 16.8 Å². The second-order valence-corrected chi connectivity index (χ2v) is 7.24. The van der Waals surface area contributed by atoms with Gasteiger partial charge in [0.2, 0.25) is 5.91 Å². The Labute approximate surface area is 176 Å². The number of nitro benzene ring substituents is 1. The van der Waals surface area contributed by atoms with Crippen LogP contribution in [-0.2, 0) is 15.8 Å². The number of carbonyl (C=O) groups excluding carboxylic acids is 3. The van der Waals surface area contributed by atoms with E-state index in [1.165, 1.54) is 36.4 Å². The average Bonchev–Trinajstić information content (AvgIpc) is 2.95. The van der Waals surface area contributed by atoms with Gasteiger partial charge in [0.1, 0.15) is 6.54 Å². The molecule has 3 rings (SSSR count). The van der Waals surface area contributed by atoms with Crippen molar-refractivity contribution in [1.29, 1.82) is 0 Å². The Kier molecular flexibility index (Phi) is 6.11. The third-order valence-electron chi connectivity index (χ3n) is 4.03. The Morgan fingerprint density at radius 3 is 2.55 bits per heavy atom. The standard InChI is InChI=1S/C19H12F3N3O5S/c20-19(21,22)12-4-2-5-13(9-12)23-16(26)10-24-17(27)15(31-18(24)28)8-11-3-1-6-14(7-11)25(29)30/h1-9H,10H2,(H,23,26)/b15-8+. The molecule has 1 aliphatic heterocycles. The lowest BCUT2D eigenvalue weighted by Crippen LogP contribution is -2.36. The molecule has 12 heteroatoms. The fraction of sp³-hybridized carbons (Fsp3) is 0.105. The number of alkyl halides is 3. The van der Waals surface area contributed by atoms with Crippen LogP contribution in [0.1, 0.15) is 11.1 Å². The number of nitrogens with zero attached hydrogens (tertiary/aromatic N) is 2. The van der Waals surface area contributed by atoms with Crippen LogP contribution in [0.25, 0.3) is 6.08 Å². The number of benzene rings is 2. The fourth-order valence-electron chi connectivity index (χ4n) is 2.63. The second-order valence-electron chi connectivity index (χ2n) is 6.25. The molecule has 31 heavy (non-hydrogen) atoms. The summed E-state index contributed by atoms with van der Waals surface area (Å²) < 4.78 is 38.3. The fourth-order valence-corrected chi connectivity index (χ4v) is 3.47. The van der Waals surface area contributed by atoms with Gasteiger partial charge in [-0.2, -0.15) is 13.2 Å². The van der Waals surface area contributed by atoms with Crippen LogP contribution < -0.4 is 5.32 Å². The largest absolute Gasteiger partial charge is 0.416 e. The summed E-state index contributed by atoms with van der Waals surface area (Å²) in [6.45, 7) is -0.701. The maximum absolute atomic E-state index is 12.8. The van der Waals surface area contributed by atoms with E-state index >= 15 is 0 Å². The number of amides is 3. The number of hydrogen-bond acceptors (Lipinski definition) is 6. The lowest BCUT2D eigenvalue weighted by atomic mass is 10.2. The first-order valence-corrected chi connectivity index (χ1v) is 9.33. The van der Waals surface area contributed by atoms with Crippen molar-refractivity contribution in [2.24, 2.45) is 0 Å². The molecule has 160 valence electrons. The summed E-state index contributed by atoms with van der Waals surface area (Å²) in [6.07, 6.45) is -3.31. The van der Waals surface area contributed by atoms with E-state index in [2.05, 4.69) is 5.32 Å². The number of imide groups is 1. The minimum atomic E-state index is -4.59. The summed E-state index contributed by atoms with van der Waals surface area (Å²) in [5.41, 5.74) is -0.989. The lowest BCUT2D eigenvalue weighted by molar-refractivity contribution is -0.384. The maximum atomic E-state index is 12.8. The van der Waals surface area contributed by atoms with Crippen LogP contribution >= 0.6 is 11.8 Å². The molecular formula is C19H12F3N3O5S. The summed E-state index contributed by atoms with van der Waals surface area (Å²) >= 11 is 0.545. The van der Waals surface area contributed by atoms with Gasteiger partial charge in [0.15, 0.2) is 0 Å². The van der Waals surface area contributed by atoms with Gasteiger partial charge in [-0.25, -0.2) is 0 Å². The van der Waals surface area contributed by atoms with E-state index in [0.29, 0.717) is 22.2 Å². The van der Waals surface area contributed by atoms with Gasteiger partial charge < -0.3 is 5.32 Å². The average molecular weight is 451 g/mol. The zero-order chi connectivity index (χ0) is 22.8. The number of rotatable bonds is 5. The summed E-state index contributed by atoms with van der Waals surface area (Å²) in [5, 5.41) is 12.3. The van der Waals surface area contributed by atoms with Gasteiger partial charge in [-0.1, -0.05) is 18.2 Å². The van der Waals surface area contributed by atoms with Gasteiger partial charge in [-0.05, 0) is 41.6 Å². The molecule has 0 saturated carbocycles. The van der Waals surface area contributed by atoms with Gasteiger partial charge in [0.05, 0.1) is 15.4 Å². The van der Waals surface area contributed by atoms with E-state index < -0.39 is 40.3 Å². The molecule has 0 aromatic heterocycles. The number of nitrogens with one attached hydrogen (secondary N) is 1. The van der Waals surface area contributed by atoms with Crippen LogP contribution in [0.2, 0.25) is 0 Å². The molecule has 0 atom stereocenters. The van der Waals surface area contributed by atoms with Gasteiger partial charge >= 0.3 is 6.18 Å². The van der Waals surface area contributed by atoms with Crippen molar-refractivity contribution in [2.75, 3.05) is 11.9 Å². The molecule has 3 amide bonds. The van der Waals surface area contributed by atoms with Crippen molar-refractivity contribution >= 4 is 46.3 Å². The molecule has 0 aliphatic carbocycles. The molecular weight excluding hydrogens is 439 g/mol. The first-order valence-electron chi connectivity index (χ1n) is 8.51. The van der Waals surface area contributed by atoms with Crippen LogP contribution in [-0.4, -0.2) is 33.4 Å². The molecule has 1 N–H and O–H groups in total. The number of thioether (sulfide) groups is 1. The van der Waals surface area contributed by atoms with Crippen LogP contribution in [0.4, 0.5) is 29.3 Å². The van der Waals surface area contributed by atoms with Gasteiger partial charge in [-0.3, -0.25) is 29.4 Å². The highest BCUT2D eigenvalue weighted by molar-refractivity contribution is 8.18. The van der Waals surface area contributed by atoms with E-state index in [-0.39, 0.29) is 16.3 Å². The van der Waals surface area contributed by atoms with Crippen molar-refractivity contribution in [3.05, 3.63) is 74.7 Å². The molecule has 0 radical (unpaired) electrons. The summed E-state index contributed by atoms with van der Waals surface area (Å²) in [7, 11) is 0. The number of halogens is 3. The van der Waals surface area contributed by atoms with Gasteiger partial charge in [-0.15, -0.1) is 0 Å². The van der Waals surface area contributed by atoms with Crippen molar-refractivity contribution in [3.8, 4) is 0 Å². The van der Waals surface area contributed by atoms with E-state index in [4.69, 9.17) is 0 Å². The first kappa shape index (κ1) is 22.0. The quantitative estimate of drug-likeness (QED) is 0.413. The Morgan fingerprint density at radius 1 is 1.16 bits per heavy atom. The number of non-ortho nitro benzene ring substituents is 1. The smallest absolute Gasteiger partial charge is 0.325 e. The Hall–Kier alpha value is -3.67. The van der Waals surface area contributed by atoms with Crippen LogP contribution in [0.5, 0.6) is 0 Å². The Morgan fingerprint density at radius 2 is 1.87 bits per heavy atom.